The van der Waals surface area contributed by atoms with Gasteiger partial charge in [0.05, 0.1) is 17.7 Å². The number of aromatic carboxylic acids is 1. The van der Waals surface area contributed by atoms with E-state index in [-0.39, 0.29) is 17.8 Å². The van der Waals surface area contributed by atoms with Crippen molar-refractivity contribution in [2.75, 3.05) is 6.61 Å². The number of oxazole rings is 1. The van der Waals surface area contributed by atoms with Crippen LogP contribution in [0.1, 0.15) is 41.4 Å². The zero-order valence-electron chi connectivity index (χ0n) is 8.69. The summed E-state index contributed by atoms with van der Waals surface area (Å²) in [6, 6.07) is 0. The van der Waals surface area contributed by atoms with E-state index in [0.717, 1.165) is 6.42 Å². The molecule has 1 aliphatic heterocycles. The summed E-state index contributed by atoms with van der Waals surface area (Å²) in [6.45, 7) is 4.25. The molecule has 0 amide bonds. The molecule has 5 nitrogen and oxygen atoms in total. The molecule has 0 aromatic carbocycles. The van der Waals surface area contributed by atoms with Crippen molar-refractivity contribution in [2.24, 2.45) is 0 Å². The molecule has 5 heteroatoms. The number of hydrogen-bond donors (Lipinski definition) is 1. The lowest BCUT2D eigenvalue weighted by Gasteiger charge is -2.08. The van der Waals surface area contributed by atoms with Crippen molar-refractivity contribution in [1.82, 2.24) is 4.98 Å². The van der Waals surface area contributed by atoms with E-state index in [0.29, 0.717) is 18.2 Å². The minimum atomic E-state index is -1.07. The molecular weight excluding hydrogens is 198 g/mol. The van der Waals surface area contributed by atoms with Gasteiger partial charge in [-0.15, -0.1) is 0 Å². The quantitative estimate of drug-likeness (QED) is 0.803. The number of carboxylic acids is 1. The van der Waals surface area contributed by atoms with Gasteiger partial charge in [0.2, 0.25) is 11.7 Å². The molecule has 1 saturated heterocycles. The van der Waals surface area contributed by atoms with Crippen LogP contribution >= 0.6 is 0 Å². The molecule has 0 unspecified atom stereocenters. The number of carbonyl (C=O) groups is 1. The van der Waals surface area contributed by atoms with Gasteiger partial charge in [-0.3, -0.25) is 0 Å². The van der Waals surface area contributed by atoms with Gasteiger partial charge in [-0.2, -0.15) is 0 Å². The summed E-state index contributed by atoms with van der Waals surface area (Å²) in [5.74, 6) is -0.575. The molecule has 1 aliphatic rings. The van der Waals surface area contributed by atoms with Crippen LogP contribution in [0.25, 0.3) is 0 Å². The summed E-state index contributed by atoms with van der Waals surface area (Å²) in [4.78, 5) is 14.9. The highest BCUT2D eigenvalue weighted by Crippen LogP contribution is 2.31. The predicted octanol–water partition coefficient (Wildman–Crippen LogP) is 1.57. The van der Waals surface area contributed by atoms with E-state index in [1.54, 1.807) is 6.92 Å². The molecule has 1 fully saturated rings. The van der Waals surface area contributed by atoms with Crippen LogP contribution in [0.3, 0.4) is 0 Å². The summed E-state index contributed by atoms with van der Waals surface area (Å²) in [5.41, 5.74) is 0.427. The number of hydrogen-bond acceptors (Lipinski definition) is 4. The van der Waals surface area contributed by atoms with Gasteiger partial charge in [-0.05, 0) is 20.3 Å². The molecule has 2 heterocycles. The van der Waals surface area contributed by atoms with Crippen molar-refractivity contribution in [2.45, 2.75) is 32.3 Å². The smallest absolute Gasteiger partial charge is 0.373 e. The average molecular weight is 211 g/mol. The number of aryl methyl sites for hydroxylation is 1. The molecule has 0 spiro atoms. The van der Waals surface area contributed by atoms with Gasteiger partial charge in [0, 0.05) is 6.61 Å². The van der Waals surface area contributed by atoms with E-state index < -0.39 is 5.97 Å². The van der Waals surface area contributed by atoms with E-state index in [9.17, 15) is 4.79 Å². The van der Waals surface area contributed by atoms with Gasteiger partial charge in [-0.1, -0.05) is 0 Å². The first-order valence-corrected chi connectivity index (χ1v) is 4.92. The second-order valence-electron chi connectivity index (χ2n) is 3.74. The van der Waals surface area contributed by atoms with E-state index in [4.69, 9.17) is 14.3 Å². The monoisotopic (exact) mass is 211 g/mol. The Hall–Kier alpha value is -1.36. The predicted molar refractivity (Wildman–Crippen MR) is 51.0 cm³/mol. The topological polar surface area (TPSA) is 72.6 Å². The Morgan fingerprint density at radius 2 is 2.33 bits per heavy atom. The minimum absolute atomic E-state index is 0.0460. The minimum Gasteiger partial charge on any atom is -0.475 e. The fourth-order valence-electron chi connectivity index (χ4n) is 1.83. The number of carboxylic acid groups (broad SMARTS) is 1. The van der Waals surface area contributed by atoms with Gasteiger partial charge < -0.3 is 14.3 Å². The van der Waals surface area contributed by atoms with Crippen LogP contribution in [0.15, 0.2) is 4.42 Å². The third-order valence-corrected chi connectivity index (χ3v) is 2.70. The largest absolute Gasteiger partial charge is 0.475 e. The zero-order chi connectivity index (χ0) is 11.0. The number of nitrogens with zero attached hydrogens (tertiary/aromatic N) is 1. The van der Waals surface area contributed by atoms with E-state index in [1.165, 1.54) is 0 Å². The third kappa shape index (κ3) is 1.74. The van der Waals surface area contributed by atoms with Crippen LogP contribution in [-0.4, -0.2) is 28.8 Å². The first kappa shape index (κ1) is 10.2. The molecule has 2 atom stereocenters. The van der Waals surface area contributed by atoms with Gasteiger partial charge in [0.15, 0.2) is 0 Å². The van der Waals surface area contributed by atoms with E-state index in [2.05, 4.69) is 4.98 Å². The summed E-state index contributed by atoms with van der Waals surface area (Å²) >= 11 is 0. The maximum Gasteiger partial charge on any atom is 0.373 e. The van der Waals surface area contributed by atoms with Gasteiger partial charge >= 0.3 is 5.97 Å². The van der Waals surface area contributed by atoms with Crippen molar-refractivity contribution in [3.8, 4) is 0 Å². The van der Waals surface area contributed by atoms with Gasteiger partial charge in [0.1, 0.15) is 0 Å². The Morgan fingerprint density at radius 1 is 1.60 bits per heavy atom. The molecule has 1 aromatic heterocycles. The van der Waals surface area contributed by atoms with E-state index in [1.807, 2.05) is 6.92 Å². The Balaban J connectivity index is 2.29. The van der Waals surface area contributed by atoms with Crippen LogP contribution in [0.5, 0.6) is 0 Å². The SMILES string of the molecule is Cc1nc([C@@H]2CCO[C@H]2C)oc1C(=O)O. The lowest BCUT2D eigenvalue weighted by Crippen LogP contribution is -2.09. The van der Waals surface area contributed by atoms with Gasteiger partial charge in [-0.25, -0.2) is 9.78 Å². The lowest BCUT2D eigenvalue weighted by atomic mass is 10.0. The highest BCUT2D eigenvalue weighted by molar-refractivity contribution is 5.85. The van der Waals surface area contributed by atoms with Crippen molar-refractivity contribution in [3.63, 3.8) is 0 Å². The fourth-order valence-corrected chi connectivity index (χ4v) is 1.83. The highest BCUT2D eigenvalue weighted by atomic mass is 16.5. The lowest BCUT2D eigenvalue weighted by molar-refractivity contribution is 0.0655. The number of ether oxygens (including phenoxy) is 1. The second-order valence-corrected chi connectivity index (χ2v) is 3.74. The second kappa shape index (κ2) is 3.66. The zero-order valence-corrected chi connectivity index (χ0v) is 8.69. The van der Waals surface area contributed by atoms with Crippen LogP contribution in [0.4, 0.5) is 0 Å². The molecule has 0 saturated carbocycles. The van der Waals surface area contributed by atoms with E-state index >= 15 is 0 Å². The fraction of sp³-hybridized carbons (Fsp3) is 0.600. The number of rotatable bonds is 2. The molecule has 1 aromatic rings. The molecule has 2 rings (SSSR count). The molecule has 0 aliphatic carbocycles. The molecule has 15 heavy (non-hydrogen) atoms. The van der Waals surface area contributed by atoms with Crippen LogP contribution < -0.4 is 0 Å². The average Bonchev–Trinajstić information content (AvgIpc) is 2.71. The maximum absolute atomic E-state index is 10.8. The molecule has 1 N–H and O–H groups in total. The van der Waals surface area contributed by atoms with Gasteiger partial charge in [0.25, 0.3) is 0 Å². The Labute approximate surface area is 87.1 Å². The molecule has 0 radical (unpaired) electrons. The Bertz CT molecular complexity index is 385. The van der Waals surface area contributed by atoms with Crippen molar-refractivity contribution < 1.29 is 19.1 Å². The third-order valence-electron chi connectivity index (χ3n) is 2.70. The maximum atomic E-state index is 10.8. The first-order valence-electron chi connectivity index (χ1n) is 4.92. The Morgan fingerprint density at radius 3 is 2.80 bits per heavy atom. The molecule has 0 bridgehead atoms. The van der Waals surface area contributed by atoms with Crippen LogP contribution in [0.2, 0.25) is 0 Å². The highest BCUT2D eigenvalue weighted by Gasteiger charge is 2.31. The summed E-state index contributed by atoms with van der Waals surface area (Å²) < 4.78 is 10.6. The van der Waals surface area contributed by atoms with Crippen LogP contribution in [-0.2, 0) is 4.74 Å². The standard InChI is InChI=1S/C10H13NO4/c1-5-8(10(12)13)15-9(11-5)7-3-4-14-6(7)2/h6-7H,3-4H2,1-2H3,(H,12,13)/t6-,7+/m0/s1. The summed E-state index contributed by atoms with van der Waals surface area (Å²) in [7, 11) is 0. The Kier molecular flexibility index (Phi) is 2.48. The molecule has 82 valence electrons. The van der Waals surface area contributed by atoms with Crippen molar-refractivity contribution in [3.05, 3.63) is 17.3 Å². The summed E-state index contributed by atoms with van der Waals surface area (Å²) in [6.07, 6.45) is 0.880. The van der Waals surface area contributed by atoms with Crippen molar-refractivity contribution in [1.29, 1.82) is 0 Å². The van der Waals surface area contributed by atoms with Crippen molar-refractivity contribution >= 4 is 5.97 Å². The number of aromatic nitrogens is 1. The molecular formula is C10H13NO4. The first-order chi connectivity index (χ1) is 7.09. The summed E-state index contributed by atoms with van der Waals surface area (Å²) in [5, 5.41) is 8.82. The van der Waals surface area contributed by atoms with Crippen LogP contribution in [0, 0.1) is 6.92 Å². The normalized spacial score (nSPS) is 25.7.